The van der Waals surface area contributed by atoms with Crippen LogP contribution in [0.3, 0.4) is 0 Å². The Morgan fingerprint density at radius 3 is 2.87 bits per heavy atom. The summed E-state index contributed by atoms with van der Waals surface area (Å²) in [7, 11) is 0. The third-order valence-electron chi connectivity index (χ3n) is 5.16. The summed E-state index contributed by atoms with van der Waals surface area (Å²) >= 11 is 0. The molecule has 1 aliphatic rings. The molecular formula is C19H21N3O. The van der Waals surface area contributed by atoms with Crippen molar-refractivity contribution >= 4 is 16.8 Å². The Morgan fingerprint density at radius 1 is 1.22 bits per heavy atom. The molecule has 1 amide bonds. The molecule has 1 aromatic carbocycles. The lowest BCUT2D eigenvalue weighted by atomic mass is 10.1. The molecule has 3 aromatic rings. The van der Waals surface area contributed by atoms with Crippen molar-refractivity contribution in [3.63, 3.8) is 0 Å². The maximum atomic E-state index is 13.0. The maximum Gasteiger partial charge on any atom is 0.254 e. The number of nitrogens with one attached hydrogen (secondary N) is 1. The van der Waals surface area contributed by atoms with Gasteiger partial charge in [0.2, 0.25) is 0 Å². The third-order valence-corrected chi connectivity index (χ3v) is 5.16. The highest BCUT2D eigenvalue weighted by atomic mass is 16.2. The number of benzene rings is 1. The number of rotatable bonds is 1. The average molecular weight is 307 g/mol. The zero-order valence-corrected chi connectivity index (χ0v) is 13.8. The second-order valence-corrected chi connectivity index (χ2v) is 6.44. The van der Waals surface area contributed by atoms with Crippen LogP contribution >= 0.6 is 0 Å². The fourth-order valence-electron chi connectivity index (χ4n) is 3.62. The molecule has 0 aliphatic carbocycles. The molecular weight excluding hydrogens is 286 g/mol. The van der Waals surface area contributed by atoms with Gasteiger partial charge in [-0.25, -0.2) is 0 Å². The molecule has 0 spiro atoms. The number of carbonyl (C=O) groups excluding carboxylic acids is 1. The van der Waals surface area contributed by atoms with Gasteiger partial charge in [-0.1, -0.05) is 0 Å². The van der Waals surface area contributed by atoms with Crippen molar-refractivity contribution in [2.75, 3.05) is 6.54 Å². The predicted octanol–water partition coefficient (Wildman–Crippen LogP) is 3.80. The van der Waals surface area contributed by atoms with Crippen molar-refractivity contribution in [3.05, 3.63) is 59.0 Å². The average Bonchev–Trinajstić information content (AvgIpc) is 3.13. The Kier molecular flexibility index (Phi) is 3.08. The number of amides is 1. The van der Waals surface area contributed by atoms with E-state index in [4.69, 9.17) is 0 Å². The number of aryl methyl sites for hydroxylation is 2. The van der Waals surface area contributed by atoms with Crippen LogP contribution in [0.4, 0.5) is 0 Å². The summed E-state index contributed by atoms with van der Waals surface area (Å²) in [5.41, 5.74) is 5.45. The summed E-state index contributed by atoms with van der Waals surface area (Å²) in [5.74, 6) is 0.116. The zero-order valence-electron chi connectivity index (χ0n) is 13.8. The topological polar surface area (TPSA) is 41.0 Å². The van der Waals surface area contributed by atoms with Crippen LogP contribution < -0.4 is 0 Å². The number of aromatic nitrogens is 2. The predicted molar refractivity (Wildman–Crippen MR) is 91.7 cm³/mol. The number of aromatic amines is 1. The number of carbonyl (C=O) groups is 1. The molecule has 4 nitrogen and oxygen atoms in total. The van der Waals surface area contributed by atoms with E-state index in [1.807, 2.05) is 23.1 Å². The standard InChI is InChI=1S/C19H21N3O/c1-12-13(2)20-17-7-6-15(11-16(12)17)19(23)22-10-9-21-8-4-5-18(21)14(22)3/h4-8,11,14,20H,9-10H2,1-3H3/t14-/m0/s1. The molecule has 4 heteroatoms. The summed E-state index contributed by atoms with van der Waals surface area (Å²) in [6.07, 6.45) is 2.09. The molecule has 23 heavy (non-hydrogen) atoms. The Bertz CT molecular complexity index is 903. The Balaban J connectivity index is 1.71. The van der Waals surface area contributed by atoms with Gasteiger partial charge in [0, 0.05) is 47.1 Å². The Labute approximate surface area is 135 Å². The highest BCUT2D eigenvalue weighted by molar-refractivity contribution is 5.99. The minimum absolute atomic E-state index is 0.107. The van der Waals surface area contributed by atoms with Gasteiger partial charge in [-0.05, 0) is 56.7 Å². The molecule has 1 N–H and O–H groups in total. The Hall–Kier alpha value is -2.49. The molecule has 0 unspecified atom stereocenters. The second kappa shape index (κ2) is 5.01. The Morgan fingerprint density at radius 2 is 2.04 bits per heavy atom. The van der Waals surface area contributed by atoms with E-state index >= 15 is 0 Å². The lowest BCUT2D eigenvalue weighted by molar-refractivity contribution is 0.0644. The summed E-state index contributed by atoms with van der Waals surface area (Å²) in [5, 5.41) is 1.14. The maximum absolute atomic E-state index is 13.0. The van der Waals surface area contributed by atoms with Crippen LogP contribution in [0.2, 0.25) is 0 Å². The van der Waals surface area contributed by atoms with Gasteiger partial charge in [-0.3, -0.25) is 4.79 Å². The van der Waals surface area contributed by atoms with Gasteiger partial charge in [-0.2, -0.15) is 0 Å². The van der Waals surface area contributed by atoms with E-state index in [0.717, 1.165) is 35.2 Å². The smallest absolute Gasteiger partial charge is 0.254 e. The first-order valence-electron chi connectivity index (χ1n) is 8.11. The molecule has 0 saturated heterocycles. The van der Waals surface area contributed by atoms with Crippen molar-refractivity contribution < 1.29 is 4.79 Å². The fourth-order valence-corrected chi connectivity index (χ4v) is 3.62. The summed E-state index contributed by atoms with van der Waals surface area (Å²) in [6.45, 7) is 7.89. The van der Waals surface area contributed by atoms with Crippen LogP contribution in [-0.4, -0.2) is 26.9 Å². The van der Waals surface area contributed by atoms with Crippen molar-refractivity contribution in [1.82, 2.24) is 14.5 Å². The van der Waals surface area contributed by atoms with Gasteiger partial charge >= 0.3 is 0 Å². The lowest BCUT2D eigenvalue weighted by Crippen LogP contribution is -2.40. The van der Waals surface area contributed by atoms with Crippen molar-refractivity contribution in [2.24, 2.45) is 0 Å². The highest BCUT2D eigenvalue weighted by Gasteiger charge is 2.28. The fraction of sp³-hybridized carbons (Fsp3) is 0.316. The van der Waals surface area contributed by atoms with Crippen molar-refractivity contribution in [3.8, 4) is 0 Å². The van der Waals surface area contributed by atoms with Gasteiger partial charge in [-0.15, -0.1) is 0 Å². The van der Waals surface area contributed by atoms with E-state index in [2.05, 4.69) is 48.7 Å². The van der Waals surface area contributed by atoms with E-state index in [0.29, 0.717) is 0 Å². The first-order valence-corrected chi connectivity index (χ1v) is 8.11. The molecule has 0 radical (unpaired) electrons. The van der Waals surface area contributed by atoms with E-state index < -0.39 is 0 Å². The number of fused-ring (bicyclic) bond motifs is 2. The number of hydrogen-bond acceptors (Lipinski definition) is 1. The van der Waals surface area contributed by atoms with Crippen LogP contribution in [0.1, 0.15) is 40.3 Å². The van der Waals surface area contributed by atoms with E-state index in [9.17, 15) is 4.79 Å². The molecule has 3 heterocycles. The molecule has 2 aromatic heterocycles. The van der Waals surface area contributed by atoms with Crippen LogP contribution in [0, 0.1) is 13.8 Å². The van der Waals surface area contributed by atoms with E-state index in [-0.39, 0.29) is 11.9 Å². The van der Waals surface area contributed by atoms with Crippen LogP contribution in [0.15, 0.2) is 36.5 Å². The third kappa shape index (κ3) is 2.09. The van der Waals surface area contributed by atoms with Gasteiger partial charge in [0.05, 0.1) is 6.04 Å². The molecule has 0 saturated carbocycles. The van der Waals surface area contributed by atoms with Crippen LogP contribution in [-0.2, 0) is 6.54 Å². The quantitative estimate of drug-likeness (QED) is 0.730. The molecule has 1 aliphatic heterocycles. The molecule has 4 rings (SSSR count). The summed E-state index contributed by atoms with van der Waals surface area (Å²) in [4.78, 5) is 18.4. The number of H-pyrrole nitrogens is 1. The van der Waals surface area contributed by atoms with E-state index in [1.54, 1.807) is 0 Å². The first kappa shape index (κ1) is 14.1. The molecule has 0 bridgehead atoms. The number of hydrogen-bond donors (Lipinski definition) is 1. The highest BCUT2D eigenvalue weighted by Crippen LogP contribution is 2.28. The minimum Gasteiger partial charge on any atom is -0.358 e. The van der Waals surface area contributed by atoms with Gasteiger partial charge < -0.3 is 14.5 Å². The van der Waals surface area contributed by atoms with E-state index in [1.165, 1.54) is 11.3 Å². The van der Waals surface area contributed by atoms with Gasteiger partial charge in [0.15, 0.2) is 0 Å². The van der Waals surface area contributed by atoms with Crippen LogP contribution in [0.5, 0.6) is 0 Å². The second-order valence-electron chi connectivity index (χ2n) is 6.44. The first-order chi connectivity index (χ1) is 11.1. The minimum atomic E-state index is 0.107. The molecule has 118 valence electrons. The van der Waals surface area contributed by atoms with Crippen molar-refractivity contribution in [2.45, 2.75) is 33.4 Å². The summed E-state index contributed by atoms with van der Waals surface area (Å²) < 4.78 is 2.23. The van der Waals surface area contributed by atoms with Crippen molar-refractivity contribution in [1.29, 1.82) is 0 Å². The number of nitrogens with zero attached hydrogens (tertiary/aromatic N) is 2. The molecule has 0 fully saturated rings. The lowest BCUT2D eigenvalue weighted by Gasteiger charge is -2.35. The van der Waals surface area contributed by atoms with Gasteiger partial charge in [0.1, 0.15) is 0 Å². The summed E-state index contributed by atoms with van der Waals surface area (Å²) in [6, 6.07) is 10.2. The zero-order chi connectivity index (χ0) is 16.1. The van der Waals surface area contributed by atoms with Crippen LogP contribution in [0.25, 0.3) is 10.9 Å². The SMILES string of the molecule is Cc1[nH]c2ccc(C(=O)N3CCn4cccc4[C@@H]3C)cc2c1C. The normalized spacial score (nSPS) is 17.5. The molecule has 1 atom stereocenters. The van der Waals surface area contributed by atoms with Gasteiger partial charge in [0.25, 0.3) is 5.91 Å². The monoisotopic (exact) mass is 307 g/mol. The largest absolute Gasteiger partial charge is 0.358 e.